The van der Waals surface area contributed by atoms with E-state index < -0.39 is 0 Å². The van der Waals surface area contributed by atoms with Gasteiger partial charge in [0.2, 0.25) is 0 Å². The zero-order chi connectivity index (χ0) is 3.41. The van der Waals surface area contributed by atoms with Gasteiger partial charge in [-0.05, 0) is 0 Å². The summed E-state index contributed by atoms with van der Waals surface area (Å²) in [5.41, 5.74) is 0. The maximum atomic E-state index is 9.18. The second-order valence-electron chi connectivity index (χ2n) is 0.455. The molecule has 2 heteroatoms. The van der Waals surface area contributed by atoms with Gasteiger partial charge in [0.05, 0.1) is 0 Å². The zero-order valence-corrected chi connectivity index (χ0v) is 6.52. The summed E-state index contributed by atoms with van der Waals surface area (Å²) in [6.07, 6.45) is 1.32. The largest absolute Gasteiger partial charge is 1.00 e. The van der Waals surface area contributed by atoms with E-state index in [0.29, 0.717) is 0 Å². The first-order valence-electron chi connectivity index (χ1n) is 1.11. The van der Waals surface area contributed by atoms with E-state index >= 15 is 0 Å². The predicted molar refractivity (Wildman–Crippen MR) is 15.1 cm³/mol. The van der Waals surface area contributed by atoms with Crippen LogP contribution in [0.2, 0.25) is 0 Å². The first-order chi connectivity index (χ1) is 1.91. The molecule has 0 N–H and O–H groups in total. The minimum absolute atomic E-state index is 0. The fourth-order valence-corrected chi connectivity index (χ4v) is 0. The number of rotatable bonds is 1. The third-order valence-electron chi connectivity index (χ3n) is 0.118. The van der Waals surface area contributed by atoms with Gasteiger partial charge in [0.1, 0.15) is 0 Å². The predicted octanol–water partition coefficient (Wildman–Crippen LogP) is -3.46. The Morgan fingerprint density at radius 1 is 1.80 bits per heavy atom. The van der Waals surface area contributed by atoms with Crippen molar-refractivity contribution >= 4 is 0 Å². The molecule has 0 bridgehead atoms. The Balaban J connectivity index is 0. The van der Waals surface area contributed by atoms with E-state index in [9.17, 15) is 5.11 Å². The number of hydrogen-bond donors (Lipinski definition) is 0. The maximum absolute atomic E-state index is 9.18. The van der Waals surface area contributed by atoms with E-state index in [0.717, 1.165) is 0 Å². The molecular weight excluding hydrogens is 91.1 g/mol. The molecule has 0 amide bonds. The summed E-state index contributed by atoms with van der Waals surface area (Å²) in [6.45, 7) is 3.00. The van der Waals surface area contributed by atoms with Crippen LogP contribution in [0.1, 0.15) is 0 Å². The van der Waals surface area contributed by atoms with E-state index in [1.54, 1.807) is 0 Å². The Kier molecular flexibility index (Phi) is 17.3. The van der Waals surface area contributed by atoms with Gasteiger partial charge in [0.15, 0.2) is 0 Å². The Labute approximate surface area is 74.5 Å². The van der Waals surface area contributed by atoms with Crippen molar-refractivity contribution < 1.29 is 56.5 Å². The van der Waals surface area contributed by atoms with Gasteiger partial charge in [-0.3, -0.25) is 0 Å². The van der Waals surface area contributed by atoms with Crippen molar-refractivity contribution in [1.82, 2.24) is 0 Å². The Morgan fingerprint density at radius 2 is 2.00 bits per heavy atom. The van der Waals surface area contributed by atoms with Gasteiger partial charge in [-0.15, -0.1) is 19.3 Å². The van der Waals surface area contributed by atoms with Gasteiger partial charge in [-0.2, -0.15) is 0 Å². The van der Waals surface area contributed by atoms with Crippen LogP contribution in [-0.2, 0) is 0 Å². The molecule has 0 radical (unpaired) electrons. The van der Waals surface area contributed by atoms with Gasteiger partial charge in [0, 0.05) is 0 Å². The molecule has 0 rings (SSSR count). The summed E-state index contributed by atoms with van der Waals surface area (Å²) >= 11 is 0. The van der Waals surface area contributed by atoms with E-state index in [1.165, 1.54) is 6.08 Å². The molecule has 24 valence electrons. The third-order valence-corrected chi connectivity index (χ3v) is 0.118. The van der Waals surface area contributed by atoms with Crippen LogP contribution in [0.25, 0.3) is 0 Å². The van der Waals surface area contributed by atoms with E-state index in [4.69, 9.17) is 0 Å². The quantitative estimate of drug-likeness (QED) is 0.246. The van der Waals surface area contributed by atoms with Gasteiger partial charge in [-0.25, -0.2) is 0 Å². The van der Waals surface area contributed by atoms with E-state index in [-0.39, 0.29) is 58.0 Å². The van der Waals surface area contributed by atoms with Gasteiger partial charge in [0.25, 0.3) is 0 Å². The SMILES string of the molecule is C=CC[O-].[K+]. The second-order valence-corrected chi connectivity index (χ2v) is 0.455. The Hall–Kier alpha value is 1.34. The van der Waals surface area contributed by atoms with Crippen LogP contribution in [0.4, 0.5) is 0 Å². The molecular formula is C3H5KO. The topological polar surface area (TPSA) is 23.1 Å². The monoisotopic (exact) mass is 96.0 g/mol. The van der Waals surface area contributed by atoms with Crippen LogP contribution < -0.4 is 56.5 Å². The van der Waals surface area contributed by atoms with Crippen LogP contribution in [-0.4, -0.2) is 6.61 Å². The molecule has 0 aliphatic heterocycles. The van der Waals surface area contributed by atoms with Gasteiger partial charge in [-0.1, -0.05) is 0 Å². The Bertz CT molecular complexity index is 20.9. The molecule has 0 atom stereocenters. The molecule has 0 heterocycles. The average molecular weight is 96.2 g/mol. The van der Waals surface area contributed by atoms with Crippen LogP contribution in [0.5, 0.6) is 0 Å². The standard InChI is InChI=1S/C3H5O.K/c1-2-3-4;/h2H,1,3H2;/q-1;+1. The molecule has 0 fully saturated rings. The van der Waals surface area contributed by atoms with Crippen LogP contribution in [0, 0.1) is 0 Å². The van der Waals surface area contributed by atoms with Crippen LogP contribution in [0.15, 0.2) is 12.7 Å². The molecule has 0 saturated carbocycles. The molecule has 1 nitrogen and oxygen atoms in total. The van der Waals surface area contributed by atoms with Crippen LogP contribution >= 0.6 is 0 Å². The smallest absolute Gasteiger partial charge is 0.851 e. The van der Waals surface area contributed by atoms with Crippen molar-refractivity contribution in [2.45, 2.75) is 0 Å². The van der Waals surface area contributed by atoms with Crippen molar-refractivity contribution in [2.24, 2.45) is 0 Å². The van der Waals surface area contributed by atoms with Crippen molar-refractivity contribution in [1.29, 1.82) is 0 Å². The summed E-state index contributed by atoms with van der Waals surface area (Å²) in [4.78, 5) is 0. The zero-order valence-electron chi connectivity index (χ0n) is 3.40. The first-order valence-corrected chi connectivity index (χ1v) is 1.11. The maximum Gasteiger partial charge on any atom is 1.00 e. The van der Waals surface area contributed by atoms with E-state index in [2.05, 4.69) is 6.58 Å². The van der Waals surface area contributed by atoms with Crippen molar-refractivity contribution in [3.05, 3.63) is 12.7 Å². The average Bonchev–Trinajstić information content (AvgIpc) is 1.37. The van der Waals surface area contributed by atoms with Crippen molar-refractivity contribution in [3.63, 3.8) is 0 Å². The van der Waals surface area contributed by atoms with Gasteiger partial charge >= 0.3 is 51.4 Å². The summed E-state index contributed by atoms with van der Waals surface area (Å²) in [5, 5.41) is 9.18. The molecule has 0 aromatic rings. The molecule has 0 aromatic carbocycles. The van der Waals surface area contributed by atoms with Crippen LogP contribution in [0.3, 0.4) is 0 Å². The molecule has 0 unspecified atom stereocenters. The minimum Gasteiger partial charge on any atom is -0.851 e. The summed E-state index contributed by atoms with van der Waals surface area (Å²) in [6, 6.07) is 0. The third kappa shape index (κ3) is 10.9. The molecule has 0 spiro atoms. The summed E-state index contributed by atoms with van der Waals surface area (Å²) in [5.74, 6) is 0. The van der Waals surface area contributed by atoms with Crippen molar-refractivity contribution in [3.8, 4) is 0 Å². The summed E-state index contributed by atoms with van der Waals surface area (Å²) < 4.78 is 0. The molecule has 0 saturated heterocycles. The minimum atomic E-state index is -0.167. The number of hydrogen-bond acceptors (Lipinski definition) is 1. The normalized spacial score (nSPS) is 5.00. The fourth-order valence-electron chi connectivity index (χ4n) is 0. The van der Waals surface area contributed by atoms with Gasteiger partial charge < -0.3 is 5.11 Å². The Morgan fingerprint density at radius 3 is 2.00 bits per heavy atom. The summed E-state index contributed by atoms with van der Waals surface area (Å²) in [7, 11) is 0. The second kappa shape index (κ2) is 9.01. The molecule has 0 aliphatic carbocycles. The van der Waals surface area contributed by atoms with E-state index in [1.807, 2.05) is 0 Å². The first kappa shape index (κ1) is 9.60. The molecule has 5 heavy (non-hydrogen) atoms. The molecule has 0 aromatic heterocycles. The molecule has 0 aliphatic rings. The fraction of sp³-hybridized carbons (Fsp3) is 0.333. The van der Waals surface area contributed by atoms with Crippen molar-refractivity contribution in [2.75, 3.05) is 6.61 Å².